The van der Waals surface area contributed by atoms with Crippen molar-refractivity contribution in [2.24, 2.45) is 7.05 Å². The van der Waals surface area contributed by atoms with Crippen LogP contribution in [0, 0.1) is 0 Å². The SMILES string of the molecule is Cn1cnnc1SCc1ccc(C(=O)NNC(=O)c2cc3sc4ccccc4c3s2)cc1. The molecule has 3 heterocycles. The van der Waals surface area contributed by atoms with Crippen molar-refractivity contribution in [3.8, 4) is 0 Å². The van der Waals surface area contributed by atoms with Gasteiger partial charge in [0.2, 0.25) is 0 Å². The number of thiophene rings is 2. The first-order valence-corrected chi connectivity index (χ1v) is 12.3. The molecule has 5 aromatic rings. The molecule has 2 N–H and O–H groups in total. The van der Waals surface area contributed by atoms with E-state index in [1.807, 2.05) is 41.9 Å². The van der Waals surface area contributed by atoms with Gasteiger partial charge in [-0.1, -0.05) is 42.1 Å². The van der Waals surface area contributed by atoms with Crippen molar-refractivity contribution in [2.45, 2.75) is 10.9 Å². The monoisotopic (exact) mass is 479 g/mol. The normalized spacial score (nSPS) is 11.2. The lowest BCUT2D eigenvalue weighted by Gasteiger charge is -2.07. The van der Waals surface area contributed by atoms with E-state index in [9.17, 15) is 9.59 Å². The molecule has 0 aliphatic rings. The van der Waals surface area contributed by atoms with E-state index in [4.69, 9.17) is 0 Å². The van der Waals surface area contributed by atoms with E-state index < -0.39 is 0 Å². The van der Waals surface area contributed by atoms with Crippen LogP contribution >= 0.6 is 34.4 Å². The van der Waals surface area contributed by atoms with Gasteiger partial charge in [0.25, 0.3) is 11.8 Å². The number of aryl methyl sites for hydroxylation is 1. The zero-order valence-corrected chi connectivity index (χ0v) is 19.3. The second kappa shape index (κ2) is 8.73. The molecule has 3 aromatic heterocycles. The number of rotatable bonds is 5. The van der Waals surface area contributed by atoms with E-state index in [1.54, 1.807) is 41.6 Å². The molecule has 0 fully saturated rings. The third kappa shape index (κ3) is 4.12. The molecule has 0 radical (unpaired) electrons. The molecule has 5 rings (SSSR count). The van der Waals surface area contributed by atoms with E-state index in [-0.39, 0.29) is 11.8 Å². The molecule has 0 atom stereocenters. The summed E-state index contributed by atoms with van der Waals surface area (Å²) in [4.78, 5) is 25.5. The lowest BCUT2D eigenvalue weighted by atomic mass is 10.1. The summed E-state index contributed by atoms with van der Waals surface area (Å²) in [6, 6.07) is 17.3. The Kier molecular flexibility index (Phi) is 5.64. The van der Waals surface area contributed by atoms with E-state index >= 15 is 0 Å². The second-order valence-corrected chi connectivity index (χ2v) is 10.1. The van der Waals surface area contributed by atoms with Crippen molar-refractivity contribution in [3.05, 3.63) is 76.9 Å². The Morgan fingerprint density at radius 1 is 1.00 bits per heavy atom. The molecular formula is C22H17N5O2S3. The van der Waals surface area contributed by atoms with Crippen LogP contribution in [0.1, 0.15) is 25.6 Å². The minimum absolute atomic E-state index is 0.326. The second-order valence-electron chi connectivity index (χ2n) is 7.02. The van der Waals surface area contributed by atoms with Crippen LogP contribution in [0.25, 0.3) is 19.5 Å². The summed E-state index contributed by atoms with van der Waals surface area (Å²) in [6.45, 7) is 0. The molecule has 10 heteroatoms. The summed E-state index contributed by atoms with van der Waals surface area (Å²) < 4.78 is 5.22. The fourth-order valence-corrected chi connectivity index (χ4v) is 6.43. The number of carbonyl (C=O) groups excluding carboxylic acids is 2. The highest BCUT2D eigenvalue weighted by atomic mass is 32.2. The van der Waals surface area contributed by atoms with Crippen LogP contribution in [-0.2, 0) is 12.8 Å². The van der Waals surface area contributed by atoms with Gasteiger partial charge in [0.1, 0.15) is 6.33 Å². The number of carbonyl (C=O) groups is 2. The van der Waals surface area contributed by atoms with Crippen LogP contribution in [0.2, 0.25) is 0 Å². The molecule has 32 heavy (non-hydrogen) atoms. The fraction of sp³-hybridized carbons (Fsp3) is 0.0909. The first-order valence-electron chi connectivity index (χ1n) is 9.66. The number of aromatic nitrogens is 3. The molecule has 0 saturated heterocycles. The lowest BCUT2D eigenvalue weighted by molar-refractivity contribution is 0.0849. The fourth-order valence-electron chi connectivity index (χ4n) is 3.16. The Hall–Kier alpha value is -3.21. The number of benzene rings is 2. The van der Waals surface area contributed by atoms with Crippen molar-refractivity contribution >= 4 is 65.7 Å². The number of nitrogens with zero attached hydrogens (tertiary/aromatic N) is 3. The summed E-state index contributed by atoms with van der Waals surface area (Å²) in [5.41, 5.74) is 6.54. The molecule has 0 aliphatic heterocycles. The Balaban J connectivity index is 1.19. The quantitative estimate of drug-likeness (QED) is 0.284. The number of hydrogen-bond donors (Lipinski definition) is 2. The van der Waals surface area contributed by atoms with E-state index in [0.29, 0.717) is 10.4 Å². The predicted octanol–water partition coefficient (Wildman–Crippen LogP) is 4.61. The molecule has 0 spiro atoms. The average Bonchev–Trinajstić information content (AvgIpc) is 3.50. The molecule has 0 unspecified atom stereocenters. The maximum atomic E-state index is 12.5. The number of hydrogen-bond acceptors (Lipinski definition) is 7. The third-order valence-electron chi connectivity index (χ3n) is 4.82. The molecule has 160 valence electrons. The smallest absolute Gasteiger partial charge is 0.279 e. The minimum atomic E-state index is -0.366. The van der Waals surface area contributed by atoms with Gasteiger partial charge in [-0.2, -0.15) is 0 Å². The van der Waals surface area contributed by atoms with E-state index in [2.05, 4.69) is 33.2 Å². The highest BCUT2D eigenvalue weighted by Crippen LogP contribution is 2.39. The van der Waals surface area contributed by atoms with Gasteiger partial charge >= 0.3 is 0 Å². The van der Waals surface area contributed by atoms with E-state index in [0.717, 1.165) is 31.3 Å². The Morgan fingerprint density at radius 2 is 1.78 bits per heavy atom. The molecule has 0 aliphatic carbocycles. The Bertz CT molecular complexity index is 1440. The predicted molar refractivity (Wildman–Crippen MR) is 129 cm³/mol. The van der Waals surface area contributed by atoms with Crippen LogP contribution in [0.5, 0.6) is 0 Å². The summed E-state index contributed by atoms with van der Waals surface area (Å²) in [5.74, 6) is 0.0252. The number of fused-ring (bicyclic) bond motifs is 3. The van der Waals surface area contributed by atoms with Gasteiger partial charge in [-0.3, -0.25) is 20.4 Å². The number of thioether (sulfide) groups is 1. The number of amides is 2. The highest BCUT2D eigenvalue weighted by Gasteiger charge is 2.15. The summed E-state index contributed by atoms with van der Waals surface area (Å²) >= 11 is 4.66. The molecular weight excluding hydrogens is 462 g/mol. The Labute approximate surface area is 195 Å². The molecule has 7 nitrogen and oxygen atoms in total. The minimum Gasteiger partial charge on any atom is -0.312 e. The van der Waals surface area contributed by atoms with Gasteiger partial charge in [0.05, 0.1) is 9.58 Å². The van der Waals surface area contributed by atoms with Crippen molar-refractivity contribution in [2.75, 3.05) is 0 Å². The van der Waals surface area contributed by atoms with Crippen LogP contribution in [0.4, 0.5) is 0 Å². The summed E-state index contributed by atoms with van der Waals surface area (Å²) in [7, 11) is 1.89. The molecule has 2 aromatic carbocycles. The van der Waals surface area contributed by atoms with Gasteiger partial charge < -0.3 is 4.57 Å². The van der Waals surface area contributed by atoms with Crippen molar-refractivity contribution in [3.63, 3.8) is 0 Å². The van der Waals surface area contributed by atoms with Crippen LogP contribution in [0.15, 0.2) is 66.1 Å². The van der Waals surface area contributed by atoms with Crippen molar-refractivity contribution < 1.29 is 9.59 Å². The molecule has 0 bridgehead atoms. The number of hydrazine groups is 1. The van der Waals surface area contributed by atoms with Crippen LogP contribution in [0.3, 0.4) is 0 Å². The van der Waals surface area contributed by atoms with Gasteiger partial charge in [-0.25, -0.2) is 0 Å². The molecule has 0 saturated carbocycles. The Morgan fingerprint density at radius 3 is 2.56 bits per heavy atom. The topological polar surface area (TPSA) is 88.9 Å². The highest BCUT2D eigenvalue weighted by molar-refractivity contribution is 7.98. The zero-order valence-electron chi connectivity index (χ0n) is 16.9. The van der Waals surface area contributed by atoms with Gasteiger partial charge in [0, 0.05) is 33.2 Å². The standard InChI is InChI=1S/C22H17N5O2S3/c1-27-12-23-26-22(27)30-11-13-6-8-14(9-7-13)20(28)24-25-21(29)18-10-17-19(32-18)15-4-2-3-5-16(15)31-17/h2-10,12H,11H2,1H3,(H,24,28)(H,25,29). The molecule has 2 amide bonds. The third-order valence-corrected chi connectivity index (χ3v) is 8.34. The maximum absolute atomic E-state index is 12.5. The first kappa shape index (κ1) is 20.7. The van der Waals surface area contributed by atoms with Gasteiger partial charge in [-0.15, -0.1) is 32.9 Å². The van der Waals surface area contributed by atoms with Gasteiger partial charge in [-0.05, 0) is 29.8 Å². The summed E-state index contributed by atoms with van der Waals surface area (Å²) in [5, 5.41) is 9.88. The number of nitrogens with one attached hydrogen (secondary N) is 2. The largest absolute Gasteiger partial charge is 0.312 e. The summed E-state index contributed by atoms with van der Waals surface area (Å²) in [6.07, 6.45) is 1.66. The maximum Gasteiger partial charge on any atom is 0.279 e. The van der Waals surface area contributed by atoms with Crippen LogP contribution in [-0.4, -0.2) is 26.6 Å². The average molecular weight is 480 g/mol. The van der Waals surface area contributed by atoms with Crippen molar-refractivity contribution in [1.82, 2.24) is 25.6 Å². The lowest BCUT2D eigenvalue weighted by Crippen LogP contribution is -2.41. The van der Waals surface area contributed by atoms with Crippen molar-refractivity contribution in [1.29, 1.82) is 0 Å². The van der Waals surface area contributed by atoms with Crippen LogP contribution < -0.4 is 10.9 Å². The van der Waals surface area contributed by atoms with E-state index in [1.165, 1.54) is 16.0 Å². The first-order chi connectivity index (χ1) is 15.6. The van der Waals surface area contributed by atoms with Gasteiger partial charge in [0.15, 0.2) is 5.16 Å². The zero-order chi connectivity index (χ0) is 22.1.